The van der Waals surface area contributed by atoms with Gasteiger partial charge in [-0.1, -0.05) is 11.6 Å². The van der Waals surface area contributed by atoms with Crippen LogP contribution in [0.2, 0.25) is 5.02 Å². The monoisotopic (exact) mass is 344 g/mol. The van der Waals surface area contributed by atoms with Gasteiger partial charge >= 0.3 is 0 Å². The summed E-state index contributed by atoms with van der Waals surface area (Å²) in [6.45, 7) is 3.37. The van der Waals surface area contributed by atoms with Gasteiger partial charge in [-0.2, -0.15) is 9.97 Å². The van der Waals surface area contributed by atoms with Crippen LogP contribution in [0.1, 0.15) is 0 Å². The maximum absolute atomic E-state index is 6.06. The molecule has 3 aromatic rings. The van der Waals surface area contributed by atoms with E-state index in [-0.39, 0.29) is 0 Å². The number of hydrogen-bond acceptors (Lipinski definition) is 6. The van der Waals surface area contributed by atoms with Crippen LogP contribution in [-0.4, -0.2) is 41.3 Å². The number of nitrogen functional groups attached to an aromatic ring is 1. The number of nitrogens with zero attached hydrogens (tertiary/aromatic N) is 3. The van der Waals surface area contributed by atoms with Crippen LogP contribution in [0.25, 0.3) is 11.0 Å². The molecule has 24 heavy (non-hydrogen) atoms. The molecule has 0 spiro atoms. The number of ether oxygens (including phenoxy) is 1. The number of morpholine rings is 1. The normalized spacial score (nSPS) is 15.0. The Kier molecular flexibility index (Phi) is 3.87. The number of rotatable bonds is 3. The highest BCUT2D eigenvalue weighted by Crippen LogP contribution is 2.28. The average molecular weight is 345 g/mol. The Labute approximate surface area is 143 Å². The van der Waals surface area contributed by atoms with Crippen LogP contribution in [0.15, 0.2) is 30.5 Å². The van der Waals surface area contributed by atoms with E-state index in [0.29, 0.717) is 27.8 Å². The zero-order valence-corrected chi connectivity index (χ0v) is 13.7. The van der Waals surface area contributed by atoms with Gasteiger partial charge in [0, 0.05) is 30.7 Å². The van der Waals surface area contributed by atoms with E-state index in [1.165, 1.54) is 5.69 Å². The fourth-order valence-electron chi connectivity index (χ4n) is 2.78. The topological polar surface area (TPSA) is 92.1 Å². The highest BCUT2D eigenvalue weighted by Gasteiger charge is 2.12. The van der Waals surface area contributed by atoms with Crippen molar-refractivity contribution in [3.05, 3.63) is 35.5 Å². The van der Waals surface area contributed by atoms with Crippen LogP contribution in [0.5, 0.6) is 0 Å². The number of anilines is 4. The summed E-state index contributed by atoms with van der Waals surface area (Å²) >= 11 is 6.06. The third-order valence-corrected chi connectivity index (χ3v) is 4.31. The average Bonchev–Trinajstić information content (AvgIpc) is 2.98. The molecular formula is C16H17ClN6O. The van der Waals surface area contributed by atoms with Crippen molar-refractivity contribution >= 4 is 45.8 Å². The number of aromatic amines is 1. The number of H-pyrrole nitrogens is 1. The number of fused-ring (bicyclic) bond motifs is 1. The van der Waals surface area contributed by atoms with Crippen LogP contribution >= 0.6 is 11.6 Å². The third-order valence-electron chi connectivity index (χ3n) is 4.01. The Balaban J connectivity index is 1.54. The Hall–Kier alpha value is -2.51. The summed E-state index contributed by atoms with van der Waals surface area (Å²) in [5, 5.41) is 4.33. The summed E-state index contributed by atoms with van der Waals surface area (Å²) < 4.78 is 5.38. The molecule has 2 aromatic heterocycles. The van der Waals surface area contributed by atoms with E-state index >= 15 is 0 Å². The molecule has 3 heterocycles. The van der Waals surface area contributed by atoms with Gasteiger partial charge in [0.2, 0.25) is 5.95 Å². The lowest BCUT2D eigenvalue weighted by Crippen LogP contribution is -2.36. The van der Waals surface area contributed by atoms with E-state index in [1.54, 1.807) is 6.20 Å². The zero-order valence-electron chi connectivity index (χ0n) is 12.9. The molecule has 0 bridgehead atoms. The molecule has 1 aliphatic rings. The Bertz CT molecular complexity index is 857. The summed E-state index contributed by atoms with van der Waals surface area (Å²) in [5.41, 5.74) is 8.64. The fourth-order valence-corrected chi connectivity index (χ4v) is 3.02. The van der Waals surface area contributed by atoms with Crippen molar-refractivity contribution in [2.45, 2.75) is 0 Å². The number of benzene rings is 1. The highest BCUT2D eigenvalue weighted by molar-refractivity contribution is 6.36. The first-order valence-electron chi connectivity index (χ1n) is 7.70. The number of nitrogens with two attached hydrogens (primary N) is 1. The molecule has 0 amide bonds. The van der Waals surface area contributed by atoms with Crippen molar-refractivity contribution in [3.63, 3.8) is 0 Å². The molecule has 7 nitrogen and oxygen atoms in total. The predicted molar refractivity (Wildman–Crippen MR) is 96.1 cm³/mol. The van der Waals surface area contributed by atoms with E-state index in [2.05, 4.69) is 37.3 Å². The molecule has 0 unspecified atom stereocenters. The summed E-state index contributed by atoms with van der Waals surface area (Å²) in [6.07, 6.45) is 1.65. The first kappa shape index (κ1) is 15.0. The molecule has 0 saturated carbocycles. The molecule has 4 rings (SSSR count). The quantitative estimate of drug-likeness (QED) is 0.676. The smallest absolute Gasteiger partial charge is 0.231 e. The van der Waals surface area contributed by atoms with Gasteiger partial charge in [0.1, 0.15) is 11.5 Å². The lowest BCUT2D eigenvalue weighted by atomic mass is 10.2. The van der Waals surface area contributed by atoms with Crippen LogP contribution in [-0.2, 0) is 4.74 Å². The van der Waals surface area contributed by atoms with Gasteiger partial charge in [-0.15, -0.1) is 0 Å². The van der Waals surface area contributed by atoms with Gasteiger partial charge < -0.3 is 25.7 Å². The summed E-state index contributed by atoms with van der Waals surface area (Å²) in [5.74, 6) is 0.774. The molecular weight excluding hydrogens is 328 g/mol. The molecule has 124 valence electrons. The van der Waals surface area contributed by atoms with E-state index in [9.17, 15) is 0 Å². The first-order chi connectivity index (χ1) is 11.7. The van der Waals surface area contributed by atoms with Crippen LogP contribution < -0.4 is 16.0 Å². The van der Waals surface area contributed by atoms with E-state index < -0.39 is 0 Å². The molecule has 4 N–H and O–H groups in total. The number of hydrogen-bond donors (Lipinski definition) is 3. The second kappa shape index (κ2) is 6.18. The van der Waals surface area contributed by atoms with Crippen LogP contribution in [0.4, 0.5) is 23.1 Å². The van der Waals surface area contributed by atoms with Crippen molar-refractivity contribution in [1.82, 2.24) is 15.0 Å². The van der Waals surface area contributed by atoms with Gasteiger partial charge in [-0.25, -0.2) is 0 Å². The van der Waals surface area contributed by atoms with Crippen molar-refractivity contribution in [3.8, 4) is 0 Å². The minimum atomic E-state index is 0.346. The Morgan fingerprint density at radius 3 is 2.67 bits per heavy atom. The second-order valence-electron chi connectivity index (χ2n) is 5.56. The number of nitrogens with one attached hydrogen (secondary N) is 2. The largest absolute Gasteiger partial charge is 0.383 e. The number of aromatic nitrogens is 3. The van der Waals surface area contributed by atoms with E-state index in [0.717, 1.165) is 32.0 Å². The lowest BCUT2D eigenvalue weighted by molar-refractivity contribution is 0.122. The van der Waals surface area contributed by atoms with Gasteiger partial charge in [0.25, 0.3) is 0 Å². The maximum Gasteiger partial charge on any atom is 0.231 e. The van der Waals surface area contributed by atoms with Crippen molar-refractivity contribution in [1.29, 1.82) is 0 Å². The molecule has 0 aliphatic carbocycles. The summed E-state index contributed by atoms with van der Waals surface area (Å²) in [6, 6.07) is 8.13. The van der Waals surface area contributed by atoms with Crippen LogP contribution in [0, 0.1) is 0 Å². The van der Waals surface area contributed by atoms with Crippen molar-refractivity contribution in [2.24, 2.45) is 0 Å². The molecule has 1 aromatic carbocycles. The van der Waals surface area contributed by atoms with E-state index in [4.69, 9.17) is 22.1 Å². The molecule has 8 heteroatoms. The Morgan fingerprint density at radius 1 is 1.17 bits per heavy atom. The van der Waals surface area contributed by atoms with Crippen LogP contribution in [0.3, 0.4) is 0 Å². The molecule has 1 saturated heterocycles. The summed E-state index contributed by atoms with van der Waals surface area (Å²) in [4.78, 5) is 13.9. The lowest BCUT2D eigenvalue weighted by Gasteiger charge is -2.28. The zero-order chi connectivity index (χ0) is 16.5. The second-order valence-corrected chi connectivity index (χ2v) is 5.97. The minimum Gasteiger partial charge on any atom is -0.383 e. The van der Waals surface area contributed by atoms with E-state index in [1.807, 2.05) is 12.1 Å². The van der Waals surface area contributed by atoms with Gasteiger partial charge in [-0.3, -0.25) is 0 Å². The Morgan fingerprint density at radius 2 is 1.92 bits per heavy atom. The van der Waals surface area contributed by atoms with Gasteiger partial charge in [0.15, 0.2) is 0 Å². The fraction of sp³-hybridized carbons (Fsp3) is 0.250. The molecule has 0 atom stereocenters. The third kappa shape index (κ3) is 2.83. The van der Waals surface area contributed by atoms with Crippen molar-refractivity contribution in [2.75, 3.05) is 42.3 Å². The minimum absolute atomic E-state index is 0.346. The SMILES string of the molecule is Nc1nc(Nc2ccc(N3CCOCC3)cc2)nc2[nH]cc(Cl)c12. The first-order valence-corrected chi connectivity index (χ1v) is 8.08. The number of halogens is 1. The molecule has 1 fully saturated rings. The predicted octanol–water partition coefficient (Wildman–Crippen LogP) is 2.77. The summed E-state index contributed by atoms with van der Waals surface area (Å²) in [7, 11) is 0. The highest BCUT2D eigenvalue weighted by atomic mass is 35.5. The maximum atomic E-state index is 6.06. The van der Waals surface area contributed by atoms with Gasteiger partial charge in [-0.05, 0) is 24.3 Å². The molecule has 0 radical (unpaired) electrons. The molecule has 1 aliphatic heterocycles. The van der Waals surface area contributed by atoms with Gasteiger partial charge in [0.05, 0.1) is 23.6 Å². The standard InChI is InChI=1S/C16H17ClN6O/c17-12-9-19-15-13(12)14(18)21-16(22-15)20-10-1-3-11(4-2-10)23-5-7-24-8-6-23/h1-4,9H,5-8H2,(H4,18,19,20,21,22). The van der Waals surface area contributed by atoms with Crippen molar-refractivity contribution < 1.29 is 4.74 Å².